The van der Waals surface area contributed by atoms with Gasteiger partial charge in [0.15, 0.2) is 5.79 Å². The van der Waals surface area contributed by atoms with E-state index in [1.807, 2.05) is 0 Å². The molecule has 4 aliphatic carbocycles. The average molecular weight is 646 g/mol. The molecule has 0 aromatic heterocycles. The van der Waals surface area contributed by atoms with Gasteiger partial charge in [0.25, 0.3) is 0 Å². The molecular weight excluding hydrogens is 591 g/mol. The van der Waals surface area contributed by atoms with Crippen molar-refractivity contribution in [2.24, 2.45) is 46.3 Å². The first-order valence-corrected chi connectivity index (χ1v) is 18.9. The van der Waals surface area contributed by atoms with Crippen molar-refractivity contribution in [2.75, 3.05) is 13.2 Å². The Morgan fingerprint density at radius 1 is 0.905 bits per heavy atom. The van der Waals surface area contributed by atoms with Gasteiger partial charge in [0.05, 0.1) is 0 Å². The molecule has 1 spiro atoms. The third-order valence-corrected chi connectivity index (χ3v) is 16.4. The number of aliphatic hydroxyl groups is 1. The third-order valence-electron chi connectivity index (χ3n) is 13.4. The Morgan fingerprint density at radius 3 is 2.31 bits per heavy atom. The molecule has 0 radical (unpaired) electrons. The summed E-state index contributed by atoms with van der Waals surface area (Å²) in [5.41, 5.74) is 0.378. The van der Waals surface area contributed by atoms with Gasteiger partial charge in [0, 0.05) is 0 Å². The molecule has 6 heteroatoms. The van der Waals surface area contributed by atoms with Crippen molar-refractivity contribution in [1.29, 1.82) is 0 Å². The predicted octanol–water partition coefficient (Wildman–Crippen LogP) is 6.35. The normalized spacial score (nSPS) is 45.5. The zero-order valence-electron chi connectivity index (χ0n) is 26.7. The van der Waals surface area contributed by atoms with Crippen molar-refractivity contribution in [3.63, 3.8) is 0 Å². The summed E-state index contributed by atoms with van der Waals surface area (Å²) in [5.74, 6) is 2.15. The van der Waals surface area contributed by atoms with Crippen molar-refractivity contribution in [3.05, 3.63) is 30.3 Å². The topological polar surface area (TPSA) is 57.2 Å². The van der Waals surface area contributed by atoms with E-state index in [1.165, 1.54) is 30.1 Å². The number of hydrogen-bond acceptors (Lipinski definition) is 5. The van der Waals surface area contributed by atoms with E-state index in [0.717, 1.165) is 25.7 Å². The fourth-order valence-corrected chi connectivity index (χ4v) is 14.2. The van der Waals surface area contributed by atoms with E-state index in [-0.39, 0.29) is 44.1 Å². The number of rotatable bonds is 6. The first kappa shape index (κ1) is 30.2. The zero-order valence-corrected chi connectivity index (χ0v) is 28.4. The van der Waals surface area contributed by atoms with Crippen LogP contribution in [0.3, 0.4) is 0 Å². The van der Waals surface area contributed by atoms with Crippen molar-refractivity contribution in [1.82, 2.24) is 0 Å². The van der Waals surface area contributed by atoms with Crippen LogP contribution < -0.4 is 4.46 Å². The molecule has 5 nitrogen and oxygen atoms in total. The maximum absolute atomic E-state index is 11.9. The zero-order chi connectivity index (χ0) is 29.5. The average Bonchev–Trinajstić information content (AvgIpc) is 3.64. The summed E-state index contributed by atoms with van der Waals surface area (Å²) < 4.78 is 27.8. The van der Waals surface area contributed by atoms with E-state index in [2.05, 4.69) is 71.9 Å². The van der Waals surface area contributed by atoms with Crippen LogP contribution in [-0.4, -0.2) is 63.2 Å². The number of fused-ring (bicyclic) bond motifs is 7. The van der Waals surface area contributed by atoms with Crippen LogP contribution >= 0.6 is 0 Å². The summed E-state index contributed by atoms with van der Waals surface area (Å²) in [4.78, 5) is 0.361. The first-order valence-electron chi connectivity index (χ1n) is 17.0. The molecule has 4 saturated carbocycles. The van der Waals surface area contributed by atoms with Gasteiger partial charge in [-0.2, -0.15) is 0 Å². The van der Waals surface area contributed by atoms with Gasteiger partial charge in [-0.15, -0.1) is 0 Å². The Labute approximate surface area is 260 Å². The molecule has 1 aromatic rings. The Kier molecular flexibility index (Phi) is 7.78. The van der Waals surface area contributed by atoms with Crippen molar-refractivity contribution in [3.8, 4) is 0 Å². The molecule has 1 aromatic carbocycles. The molecule has 2 aliphatic heterocycles. The number of benzene rings is 1. The van der Waals surface area contributed by atoms with Crippen LogP contribution in [-0.2, 0) is 18.9 Å². The summed E-state index contributed by atoms with van der Waals surface area (Å²) >= 11 is 0.288. The quantitative estimate of drug-likeness (QED) is 0.366. The van der Waals surface area contributed by atoms with Crippen molar-refractivity contribution >= 4 is 19.4 Å². The molecule has 6 fully saturated rings. The molecule has 0 bridgehead atoms. The monoisotopic (exact) mass is 646 g/mol. The van der Waals surface area contributed by atoms with Gasteiger partial charge in [-0.1, -0.05) is 0 Å². The fourth-order valence-electron chi connectivity index (χ4n) is 11.7. The molecule has 42 heavy (non-hydrogen) atoms. The van der Waals surface area contributed by atoms with E-state index in [0.29, 0.717) is 53.5 Å². The van der Waals surface area contributed by atoms with Crippen LogP contribution in [0.25, 0.3) is 0 Å². The second kappa shape index (κ2) is 10.8. The summed E-state index contributed by atoms with van der Waals surface area (Å²) in [7, 11) is 0. The van der Waals surface area contributed by atoms with Gasteiger partial charge in [-0.3, -0.25) is 0 Å². The van der Waals surface area contributed by atoms with E-state index in [4.69, 9.17) is 18.9 Å². The Morgan fingerprint density at radius 2 is 1.60 bits per heavy atom. The van der Waals surface area contributed by atoms with Gasteiger partial charge in [0.2, 0.25) is 0 Å². The molecule has 2 unspecified atom stereocenters. The SMILES string of the molecule is CCC([Se]c1ccccc1)[C@H](O)[C@@H](C)[C@H]1CC[C@H]2[C@@H]3CC4(OCCO4)C4C[C@@H]5OC(C)(C)O[C@@H]5C[C@]4(C)[C@H]3CC[C@]12C. The van der Waals surface area contributed by atoms with E-state index >= 15 is 0 Å². The fraction of sp³-hybridized carbons (Fsp3) is 0.833. The summed E-state index contributed by atoms with van der Waals surface area (Å²) in [6.07, 6.45) is 9.20. The summed E-state index contributed by atoms with van der Waals surface area (Å²) in [6, 6.07) is 10.9. The molecule has 0 amide bonds. The third kappa shape index (κ3) is 4.72. The van der Waals surface area contributed by atoms with Crippen LogP contribution in [0.5, 0.6) is 0 Å². The van der Waals surface area contributed by atoms with Gasteiger partial charge >= 0.3 is 237 Å². The number of aliphatic hydroxyl groups excluding tert-OH is 1. The van der Waals surface area contributed by atoms with Crippen LogP contribution in [0.2, 0.25) is 4.82 Å². The second-order valence-corrected chi connectivity index (χ2v) is 18.5. The standard InChI is InChI=1S/C36H54O5Se/c1-7-30(42-23-11-9-8-10-12-23)32(37)22(2)25-13-14-26-24-20-36(38-17-18-39-36)31-19-28-29(41-33(3,4)40-28)21-35(31,6)27(24)15-16-34(25,26)5/h8-12,22,24-32,37H,7,13-21H2,1-6H3/t22-,24-,25+,26-,27-,28-,29+,30?,31?,32+,34+,35+/m0/s1. The molecule has 234 valence electrons. The van der Waals surface area contributed by atoms with Gasteiger partial charge in [-0.05, 0) is 13.8 Å². The second-order valence-electron chi connectivity index (χ2n) is 15.8. The molecule has 2 saturated heterocycles. The first-order chi connectivity index (χ1) is 20.0. The molecule has 6 aliphatic rings. The van der Waals surface area contributed by atoms with Crippen molar-refractivity contribution < 1.29 is 24.1 Å². The molecule has 2 heterocycles. The van der Waals surface area contributed by atoms with Crippen LogP contribution in [0.15, 0.2) is 30.3 Å². The van der Waals surface area contributed by atoms with Crippen molar-refractivity contribution in [2.45, 2.75) is 128 Å². The number of hydrogen-bond donors (Lipinski definition) is 1. The van der Waals surface area contributed by atoms with E-state index in [9.17, 15) is 5.11 Å². The Hall–Kier alpha value is -0.461. The van der Waals surface area contributed by atoms with E-state index < -0.39 is 11.6 Å². The minimum atomic E-state index is -0.512. The molecule has 1 N–H and O–H groups in total. The molecule has 7 rings (SSSR count). The minimum absolute atomic E-state index is 0.119. The molecular formula is C36H54O5Se. The molecule has 12 atom stereocenters. The Balaban J connectivity index is 1.14. The predicted molar refractivity (Wildman–Crippen MR) is 165 cm³/mol. The van der Waals surface area contributed by atoms with Gasteiger partial charge in [0.1, 0.15) is 0 Å². The summed E-state index contributed by atoms with van der Waals surface area (Å²) in [6.45, 7) is 15.4. The van der Waals surface area contributed by atoms with Crippen LogP contribution in [0.1, 0.15) is 92.9 Å². The van der Waals surface area contributed by atoms with Crippen LogP contribution in [0.4, 0.5) is 0 Å². The van der Waals surface area contributed by atoms with E-state index in [1.54, 1.807) is 0 Å². The van der Waals surface area contributed by atoms with Gasteiger partial charge in [-0.25, -0.2) is 0 Å². The van der Waals surface area contributed by atoms with Crippen LogP contribution in [0, 0.1) is 46.3 Å². The maximum atomic E-state index is 11.9. The Bertz CT molecular complexity index is 1120. The summed E-state index contributed by atoms with van der Waals surface area (Å²) in [5, 5.41) is 11.9. The van der Waals surface area contributed by atoms with Gasteiger partial charge < -0.3 is 4.74 Å². The number of ether oxygens (including phenoxy) is 4.